The Kier molecular flexibility index (Phi) is 4.70. The molecular weight excluding hydrogens is 324 g/mol. The number of benzene rings is 2. The smallest absolute Gasteiger partial charge is 0.269 e. The van der Waals surface area contributed by atoms with Crippen LogP contribution in [0.5, 0.6) is 5.75 Å². The van der Waals surface area contributed by atoms with E-state index < -0.39 is 4.92 Å². The first-order valence-electron chi connectivity index (χ1n) is 5.95. The third-order valence-corrected chi connectivity index (χ3v) is 3.54. The number of nitrogens with two attached hydrogens (primary N) is 1. The summed E-state index contributed by atoms with van der Waals surface area (Å²) in [7, 11) is 0. The molecule has 0 aromatic heterocycles. The maximum atomic E-state index is 10.7. The Morgan fingerprint density at radius 3 is 2.75 bits per heavy atom. The van der Waals surface area contributed by atoms with E-state index in [-0.39, 0.29) is 12.3 Å². The molecule has 104 valence electrons. The molecule has 0 aliphatic heterocycles. The predicted octanol–water partition coefficient (Wildman–Crippen LogP) is 3.40. The predicted molar refractivity (Wildman–Crippen MR) is 79.5 cm³/mol. The Balaban J connectivity index is 2.08. The summed E-state index contributed by atoms with van der Waals surface area (Å²) in [6, 6.07) is 11.9. The van der Waals surface area contributed by atoms with Gasteiger partial charge in [-0.05, 0) is 29.3 Å². The lowest BCUT2D eigenvalue weighted by molar-refractivity contribution is -0.384. The van der Waals surface area contributed by atoms with E-state index in [4.69, 9.17) is 10.5 Å². The van der Waals surface area contributed by atoms with E-state index in [0.717, 1.165) is 15.6 Å². The molecule has 20 heavy (non-hydrogen) atoms. The zero-order chi connectivity index (χ0) is 14.5. The molecule has 0 fully saturated rings. The van der Waals surface area contributed by atoms with Crippen molar-refractivity contribution in [2.45, 2.75) is 13.2 Å². The van der Waals surface area contributed by atoms with E-state index in [1.165, 1.54) is 12.1 Å². The van der Waals surface area contributed by atoms with E-state index >= 15 is 0 Å². The first-order valence-corrected chi connectivity index (χ1v) is 6.74. The van der Waals surface area contributed by atoms with Gasteiger partial charge in [0.15, 0.2) is 0 Å². The molecule has 6 heteroatoms. The number of nitrogens with zero attached hydrogens (tertiary/aromatic N) is 1. The molecule has 0 heterocycles. The van der Waals surface area contributed by atoms with Gasteiger partial charge in [0, 0.05) is 23.2 Å². The fraction of sp³-hybridized carbons (Fsp3) is 0.143. The van der Waals surface area contributed by atoms with Crippen LogP contribution in [-0.2, 0) is 13.2 Å². The number of hydrogen-bond acceptors (Lipinski definition) is 4. The first kappa shape index (κ1) is 14.5. The van der Waals surface area contributed by atoms with Gasteiger partial charge in [-0.3, -0.25) is 10.1 Å². The summed E-state index contributed by atoms with van der Waals surface area (Å²) in [4.78, 5) is 10.3. The van der Waals surface area contributed by atoms with Crippen LogP contribution in [0.25, 0.3) is 0 Å². The quantitative estimate of drug-likeness (QED) is 0.670. The first-order chi connectivity index (χ1) is 9.60. The number of halogens is 1. The van der Waals surface area contributed by atoms with Gasteiger partial charge in [-0.1, -0.05) is 28.1 Å². The van der Waals surface area contributed by atoms with E-state index in [2.05, 4.69) is 15.9 Å². The van der Waals surface area contributed by atoms with E-state index in [1.807, 2.05) is 18.2 Å². The van der Waals surface area contributed by atoms with Crippen LogP contribution in [0.4, 0.5) is 5.69 Å². The summed E-state index contributed by atoms with van der Waals surface area (Å²) in [6.45, 7) is 0.682. The van der Waals surface area contributed by atoms with Gasteiger partial charge in [0.05, 0.1) is 4.92 Å². The highest BCUT2D eigenvalue weighted by Gasteiger charge is 2.06. The van der Waals surface area contributed by atoms with Gasteiger partial charge in [-0.2, -0.15) is 0 Å². The highest BCUT2D eigenvalue weighted by Crippen LogP contribution is 2.23. The molecule has 0 unspecified atom stereocenters. The van der Waals surface area contributed by atoms with Crippen molar-refractivity contribution in [3.63, 3.8) is 0 Å². The molecule has 2 aromatic carbocycles. The molecule has 0 aliphatic carbocycles. The summed E-state index contributed by atoms with van der Waals surface area (Å²) in [5.41, 5.74) is 7.37. The van der Waals surface area contributed by atoms with Crippen molar-refractivity contribution < 1.29 is 9.66 Å². The van der Waals surface area contributed by atoms with Crippen molar-refractivity contribution in [2.24, 2.45) is 5.73 Å². The Hall–Kier alpha value is -1.92. The molecule has 2 aromatic rings. The largest absolute Gasteiger partial charge is 0.489 e. The van der Waals surface area contributed by atoms with Gasteiger partial charge in [0.25, 0.3) is 5.69 Å². The molecule has 5 nitrogen and oxygen atoms in total. The van der Waals surface area contributed by atoms with Crippen molar-refractivity contribution >= 4 is 21.6 Å². The van der Waals surface area contributed by atoms with Gasteiger partial charge >= 0.3 is 0 Å². The summed E-state index contributed by atoms with van der Waals surface area (Å²) < 4.78 is 6.56. The average molecular weight is 337 g/mol. The van der Waals surface area contributed by atoms with E-state index in [9.17, 15) is 10.1 Å². The Morgan fingerprint density at radius 1 is 1.25 bits per heavy atom. The highest BCUT2D eigenvalue weighted by atomic mass is 79.9. The second-order valence-electron chi connectivity index (χ2n) is 4.17. The molecule has 0 spiro atoms. The summed E-state index contributed by atoms with van der Waals surface area (Å²) in [6.07, 6.45) is 0. The third kappa shape index (κ3) is 3.55. The van der Waals surface area contributed by atoms with Gasteiger partial charge in [0.1, 0.15) is 12.4 Å². The summed E-state index contributed by atoms with van der Waals surface area (Å²) in [5, 5.41) is 10.7. The molecule has 0 saturated heterocycles. The monoisotopic (exact) mass is 336 g/mol. The van der Waals surface area contributed by atoms with Crippen LogP contribution < -0.4 is 10.5 Å². The van der Waals surface area contributed by atoms with Crippen LogP contribution in [0.15, 0.2) is 46.9 Å². The van der Waals surface area contributed by atoms with Gasteiger partial charge < -0.3 is 10.5 Å². The minimum Gasteiger partial charge on any atom is -0.489 e. The molecular formula is C14H13BrN2O3. The highest BCUT2D eigenvalue weighted by molar-refractivity contribution is 9.10. The fourth-order valence-corrected chi connectivity index (χ4v) is 2.13. The molecule has 0 radical (unpaired) electrons. The average Bonchev–Trinajstić information content (AvgIpc) is 2.46. The van der Waals surface area contributed by atoms with E-state index in [1.54, 1.807) is 12.1 Å². The van der Waals surface area contributed by atoms with Gasteiger partial charge in [0.2, 0.25) is 0 Å². The van der Waals surface area contributed by atoms with Crippen LogP contribution in [0.3, 0.4) is 0 Å². The number of non-ortho nitro benzene ring substituents is 1. The number of ether oxygens (including phenoxy) is 1. The molecule has 2 rings (SSSR count). The van der Waals surface area contributed by atoms with Crippen molar-refractivity contribution in [2.75, 3.05) is 0 Å². The lowest BCUT2D eigenvalue weighted by atomic mass is 10.2. The normalized spacial score (nSPS) is 10.3. The Bertz CT molecular complexity index is 632. The lowest BCUT2D eigenvalue weighted by Crippen LogP contribution is -2.00. The molecule has 0 atom stereocenters. The zero-order valence-electron chi connectivity index (χ0n) is 10.6. The van der Waals surface area contributed by atoms with Crippen molar-refractivity contribution in [1.82, 2.24) is 0 Å². The Labute approximate surface area is 124 Å². The maximum absolute atomic E-state index is 10.7. The number of nitro groups is 1. The molecule has 2 N–H and O–H groups in total. The van der Waals surface area contributed by atoms with Crippen molar-refractivity contribution in [3.8, 4) is 5.75 Å². The Morgan fingerprint density at radius 2 is 2.05 bits per heavy atom. The second kappa shape index (κ2) is 6.49. The van der Waals surface area contributed by atoms with Crippen molar-refractivity contribution in [3.05, 3.63) is 68.2 Å². The number of nitro benzene ring substituents is 1. The van der Waals surface area contributed by atoms with Gasteiger partial charge in [-0.25, -0.2) is 0 Å². The van der Waals surface area contributed by atoms with Crippen LogP contribution >= 0.6 is 15.9 Å². The molecule has 0 amide bonds. The number of rotatable bonds is 5. The third-order valence-electron chi connectivity index (χ3n) is 2.76. The number of hydrogen-bond donors (Lipinski definition) is 1. The van der Waals surface area contributed by atoms with Crippen molar-refractivity contribution in [1.29, 1.82) is 0 Å². The lowest BCUT2D eigenvalue weighted by Gasteiger charge is -2.09. The van der Waals surface area contributed by atoms with Crippen LogP contribution in [0.1, 0.15) is 11.1 Å². The molecule has 0 aliphatic rings. The van der Waals surface area contributed by atoms with E-state index in [0.29, 0.717) is 12.3 Å². The topological polar surface area (TPSA) is 78.4 Å². The van der Waals surface area contributed by atoms with Gasteiger partial charge in [-0.15, -0.1) is 0 Å². The minimum absolute atomic E-state index is 0.0598. The minimum atomic E-state index is -0.421. The SMILES string of the molecule is NCc1cc(OCc2cccc([N+](=O)[O-])c2)ccc1Br. The summed E-state index contributed by atoms with van der Waals surface area (Å²) >= 11 is 3.40. The molecule has 0 bridgehead atoms. The van der Waals surface area contributed by atoms with Crippen LogP contribution in [0.2, 0.25) is 0 Å². The summed E-state index contributed by atoms with van der Waals surface area (Å²) in [5.74, 6) is 0.681. The van der Waals surface area contributed by atoms with Crippen LogP contribution in [0, 0.1) is 10.1 Å². The second-order valence-corrected chi connectivity index (χ2v) is 5.03. The van der Waals surface area contributed by atoms with Crippen LogP contribution in [-0.4, -0.2) is 4.92 Å². The fourth-order valence-electron chi connectivity index (χ4n) is 1.72. The standard InChI is InChI=1S/C14H13BrN2O3/c15-14-5-4-13(7-11(14)8-16)20-9-10-2-1-3-12(6-10)17(18)19/h1-7H,8-9,16H2. The zero-order valence-corrected chi connectivity index (χ0v) is 12.2. The molecule has 0 saturated carbocycles. The maximum Gasteiger partial charge on any atom is 0.269 e.